The van der Waals surface area contributed by atoms with Gasteiger partial charge >= 0.3 is 0 Å². The Bertz CT molecular complexity index is 339. The van der Waals surface area contributed by atoms with Gasteiger partial charge in [0.2, 0.25) is 0 Å². The van der Waals surface area contributed by atoms with Gasteiger partial charge < -0.3 is 4.90 Å². The molecule has 2 nitrogen and oxygen atoms in total. The molecule has 0 saturated heterocycles. The number of nitriles is 1. The van der Waals surface area contributed by atoms with Crippen molar-refractivity contribution in [3.8, 4) is 6.07 Å². The second-order valence-corrected chi connectivity index (χ2v) is 3.92. The molecule has 0 aromatic heterocycles. The highest BCUT2D eigenvalue weighted by Gasteiger charge is 2.04. The third-order valence-electron chi connectivity index (χ3n) is 1.69. The molecule has 1 aromatic carbocycles. The van der Waals surface area contributed by atoms with Crippen molar-refractivity contribution in [3.63, 3.8) is 0 Å². The zero-order valence-corrected chi connectivity index (χ0v) is 9.30. The van der Waals surface area contributed by atoms with Crippen molar-refractivity contribution in [1.29, 1.82) is 5.26 Å². The lowest BCUT2D eigenvalue weighted by Gasteiger charge is -2.11. The smallest absolute Gasteiger partial charge is 0.100 e. The topological polar surface area (TPSA) is 27.0 Å². The maximum atomic E-state index is 8.78. The van der Waals surface area contributed by atoms with Crippen LogP contribution in [0.1, 0.15) is 11.1 Å². The summed E-state index contributed by atoms with van der Waals surface area (Å²) >= 11 is 3.42. The molecule has 0 aliphatic carbocycles. The molecular weight excluding hydrogens is 228 g/mol. The van der Waals surface area contributed by atoms with E-state index in [1.54, 1.807) is 0 Å². The molecular formula is C10H11BrN2. The number of nitrogens with zero attached hydrogens (tertiary/aromatic N) is 2. The highest BCUT2D eigenvalue weighted by atomic mass is 79.9. The van der Waals surface area contributed by atoms with Crippen molar-refractivity contribution in [3.05, 3.63) is 33.8 Å². The molecule has 1 aromatic rings. The Morgan fingerprint density at radius 2 is 2.15 bits per heavy atom. The van der Waals surface area contributed by atoms with Crippen molar-refractivity contribution in [1.82, 2.24) is 4.90 Å². The second kappa shape index (κ2) is 4.40. The molecule has 0 saturated carbocycles. The Morgan fingerprint density at radius 3 is 2.69 bits per heavy atom. The Balaban J connectivity index is 3.03. The molecule has 0 heterocycles. The molecule has 0 spiro atoms. The minimum atomic E-state index is 0.694. The Kier molecular flexibility index (Phi) is 3.47. The van der Waals surface area contributed by atoms with Gasteiger partial charge in [-0.3, -0.25) is 0 Å². The summed E-state index contributed by atoms with van der Waals surface area (Å²) in [6.07, 6.45) is 0. The number of halogens is 1. The highest BCUT2D eigenvalue weighted by molar-refractivity contribution is 9.10. The molecule has 0 aliphatic rings. The summed E-state index contributed by atoms with van der Waals surface area (Å²) < 4.78 is 0.909. The van der Waals surface area contributed by atoms with E-state index in [1.807, 2.05) is 32.3 Å². The lowest BCUT2D eigenvalue weighted by atomic mass is 10.1. The first kappa shape index (κ1) is 10.2. The average Bonchev–Trinajstić information content (AvgIpc) is 2.08. The summed E-state index contributed by atoms with van der Waals surface area (Å²) in [4.78, 5) is 2.07. The first-order valence-electron chi connectivity index (χ1n) is 3.97. The molecule has 0 aliphatic heterocycles. The van der Waals surface area contributed by atoms with Crippen molar-refractivity contribution in [2.75, 3.05) is 14.1 Å². The summed E-state index contributed by atoms with van der Waals surface area (Å²) in [6.45, 7) is 0.843. The molecule has 13 heavy (non-hydrogen) atoms. The van der Waals surface area contributed by atoms with E-state index in [0.29, 0.717) is 5.56 Å². The van der Waals surface area contributed by atoms with Crippen molar-refractivity contribution >= 4 is 15.9 Å². The average molecular weight is 239 g/mol. The molecule has 0 amide bonds. The summed E-state index contributed by atoms with van der Waals surface area (Å²) in [5.41, 5.74) is 1.84. The number of hydrogen-bond acceptors (Lipinski definition) is 2. The molecule has 3 heteroatoms. The van der Waals surface area contributed by atoms with Crippen LogP contribution in [0.4, 0.5) is 0 Å². The van der Waals surface area contributed by atoms with Crippen LogP contribution >= 0.6 is 15.9 Å². The molecule has 0 N–H and O–H groups in total. The quantitative estimate of drug-likeness (QED) is 0.792. The van der Waals surface area contributed by atoms with Gasteiger partial charge in [0.05, 0.1) is 5.56 Å². The molecule has 0 atom stereocenters. The highest BCUT2D eigenvalue weighted by Crippen LogP contribution is 2.21. The van der Waals surface area contributed by atoms with Crippen molar-refractivity contribution in [2.24, 2.45) is 0 Å². The minimum Gasteiger partial charge on any atom is -0.305 e. The van der Waals surface area contributed by atoms with Gasteiger partial charge in [-0.15, -0.1) is 0 Å². The summed E-state index contributed by atoms with van der Waals surface area (Å²) in [5, 5.41) is 8.78. The number of benzene rings is 1. The van der Waals surface area contributed by atoms with Gasteiger partial charge in [0.1, 0.15) is 6.07 Å². The molecule has 0 unspecified atom stereocenters. The fraction of sp³-hybridized carbons (Fsp3) is 0.300. The molecule has 0 radical (unpaired) electrons. The van der Waals surface area contributed by atoms with E-state index in [2.05, 4.69) is 26.9 Å². The van der Waals surface area contributed by atoms with Gasteiger partial charge in [-0.05, 0) is 41.7 Å². The van der Waals surface area contributed by atoms with Crippen molar-refractivity contribution < 1.29 is 0 Å². The Hall–Kier alpha value is -0.850. The fourth-order valence-electron chi connectivity index (χ4n) is 1.13. The van der Waals surface area contributed by atoms with Gasteiger partial charge in [0, 0.05) is 11.0 Å². The third-order valence-corrected chi connectivity index (χ3v) is 2.62. The first-order chi connectivity index (χ1) is 6.15. The van der Waals surface area contributed by atoms with Gasteiger partial charge in [-0.1, -0.05) is 12.1 Å². The number of hydrogen-bond donors (Lipinski definition) is 0. The monoisotopic (exact) mass is 238 g/mol. The molecule has 68 valence electrons. The van der Waals surface area contributed by atoms with Crippen LogP contribution in [-0.4, -0.2) is 19.0 Å². The normalized spacial score (nSPS) is 10.1. The predicted octanol–water partition coefficient (Wildman–Crippen LogP) is 2.38. The lowest BCUT2D eigenvalue weighted by Crippen LogP contribution is -2.11. The maximum Gasteiger partial charge on any atom is 0.100 e. The molecule has 0 fully saturated rings. The standard InChI is InChI=1S/C10H11BrN2/c1-13(2)7-9-5-3-4-8(6-12)10(9)11/h3-5H,7H2,1-2H3. The minimum absolute atomic E-state index is 0.694. The van der Waals surface area contributed by atoms with Gasteiger partial charge in [-0.2, -0.15) is 5.26 Å². The van der Waals surface area contributed by atoms with E-state index in [0.717, 1.165) is 16.6 Å². The summed E-state index contributed by atoms with van der Waals surface area (Å²) in [5.74, 6) is 0. The van der Waals surface area contributed by atoms with Crippen LogP contribution in [0.25, 0.3) is 0 Å². The van der Waals surface area contributed by atoms with Gasteiger partial charge in [-0.25, -0.2) is 0 Å². The largest absolute Gasteiger partial charge is 0.305 e. The van der Waals surface area contributed by atoms with Crippen LogP contribution in [0, 0.1) is 11.3 Å². The van der Waals surface area contributed by atoms with E-state index in [1.165, 1.54) is 0 Å². The van der Waals surface area contributed by atoms with E-state index >= 15 is 0 Å². The SMILES string of the molecule is CN(C)Cc1cccc(C#N)c1Br. The van der Waals surface area contributed by atoms with Gasteiger partial charge in [0.15, 0.2) is 0 Å². The van der Waals surface area contributed by atoms with Gasteiger partial charge in [0.25, 0.3) is 0 Å². The predicted molar refractivity (Wildman–Crippen MR) is 56.2 cm³/mol. The van der Waals surface area contributed by atoms with Crippen LogP contribution in [0.15, 0.2) is 22.7 Å². The van der Waals surface area contributed by atoms with Crippen LogP contribution < -0.4 is 0 Å². The van der Waals surface area contributed by atoms with E-state index < -0.39 is 0 Å². The maximum absolute atomic E-state index is 8.78. The van der Waals surface area contributed by atoms with Crippen LogP contribution in [0.2, 0.25) is 0 Å². The van der Waals surface area contributed by atoms with E-state index in [-0.39, 0.29) is 0 Å². The second-order valence-electron chi connectivity index (χ2n) is 3.13. The fourth-order valence-corrected chi connectivity index (χ4v) is 1.61. The molecule has 0 bridgehead atoms. The van der Waals surface area contributed by atoms with E-state index in [9.17, 15) is 0 Å². The zero-order valence-electron chi connectivity index (χ0n) is 7.71. The van der Waals surface area contributed by atoms with Crippen molar-refractivity contribution in [2.45, 2.75) is 6.54 Å². The van der Waals surface area contributed by atoms with Crippen LogP contribution in [0.3, 0.4) is 0 Å². The Morgan fingerprint density at radius 1 is 1.46 bits per heavy atom. The number of rotatable bonds is 2. The third kappa shape index (κ3) is 2.55. The lowest BCUT2D eigenvalue weighted by molar-refractivity contribution is 0.401. The van der Waals surface area contributed by atoms with Crippen LogP contribution in [0.5, 0.6) is 0 Å². The summed E-state index contributed by atoms with van der Waals surface area (Å²) in [7, 11) is 4.01. The molecule has 1 rings (SSSR count). The van der Waals surface area contributed by atoms with E-state index in [4.69, 9.17) is 5.26 Å². The van der Waals surface area contributed by atoms with Crippen LogP contribution in [-0.2, 0) is 6.54 Å². The summed E-state index contributed by atoms with van der Waals surface area (Å²) in [6, 6.07) is 7.88. The zero-order chi connectivity index (χ0) is 9.84. The first-order valence-corrected chi connectivity index (χ1v) is 4.76. The Labute approximate surface area is 86.9 Å².